The van der Waals surface area contributed by atoms with Crippen LogP contribution in [0.3, 0.4) is 0 Å². The highest BCUT2D eigenvalue weighted by Crippen LogP contribution is 2.39. The second-order valence-corrected chi connectivity index (χ2v) is 8.48. The van der Waals surface area contributed by atoms with E-state index in [1.165, 1.54) is 0 Å². The quantitative estimate of drug-likeness (QED) is 0.734. The molecule has 0 aliphatic carbocycles. The number of carbonyl (C=O) groups excluding carboxylic acids is 1. The molecule has 2 fully saturated rings. The number of imidazole rings is 1. The Morgan fingerprint density at radius 3 is 2.70 bits per heavy atom. The van der Waals surface area contributed by atoms with Gasteiger partial charge < -0.3 is 15.5 Å². The predicted octanol–water partition coefficient (Wildman–Crippen LogP) is 3.88. The maximum absolute atomic E-state index is 12.9. The monoisotopic (exact) mass is 436 g/mol. The first kappa shape index (κ1) is 19.9. The van der Waals surface area contributed by atoms with Crippen molar-refractivity contribution in [1.82, 2.24) is 24.2 Å². The summed E-state index contributed by atoms with van der Waals surface area (Å²) in [5.74, 6) is 1.59. The summed E-state index contributed by atoms with van der Waals surface area (Å²) >= 11 is 3.50. The summed E-state index contributed by atoms with van der Waals surface area (Å²) in [5, 5.41) is 0. The van der Waals surface area contributed by atoms with Crippen molar-refractivity contribution in [3.05, 3.63) is 22.8 Å². The van der Waals surface area contributed by atoms with E-state index in [-0.39, 0.29) is 17.5 Å². The fraction of sp³-hybridized carbons (Fsp3) is 0.632. The summed E-state index contributed by atoms with van der Waals surface area (Å²) in [5.41, 5.74) is 6.71. The molecule has 4 heterocycles. The normalized spacial score (nSPS) is 24.4. The van der Waals surface area contributed by atoms with Crippen molar-refractivity contribution in [3.63, 3.8) is 0 Å². The minimum Gasteiger partial charge on any atom is -0.382 e. The first-order valence-electron chi connectivity index (χ1n) is 9.62. The van der Waals surface area contributed by atoms with Crippen molar-refractivity contribution in [2.75, 3.05) is 19.3 Å². The zero-order valence-corrected chi connectivity index (χ0v) is 18.3. The number of urea groups is 1. The van der Waals surface area contributed by atoms with E-state index in [9.17, 15) is 4.79 Å². The van der Waals surface area contributed by atoms with Crippen molar-refractivity contribution in [2.24, 2.45) is 0 Å². The van der Waals surface area contributed by atoms with E-state index in [1.54, 1.807) is 6.20 Å². The number of fused-ring (bicyclic) bond motifs is 2. The summed E-state index contributed by atoms with van der Waals surface area (Å²) in [6.45, 7) is 8.98. The summed E-state index contributed by atoms with van der Waals surface area (Å²) in [6, 6.07) is 0.434. The highest BCUT2D eigenvalue weighted by Gasteiger charge is 2.45. The van der Waals surface area contributed by atoms with Gasteiger partial charge in [-0.25, -0.2) is 14.8 Å². The van der Waals surface area contributed by atoms with E-state index < -0.39 is 0 Å². The SMILES string of the molecule is CC.CN1C(=O)N2CC(c3nc(Br)c4c(N)nccn34)CCC2CC1(C)C. The summed E-state index contributed by atoms with van der Waals surface area (Å²) in [6.07, 6.45) is 6.60. The van der Waals surface area contributed by atoms with Gasteiger partial charge in [0.05, 0.1) is 0 Å². The number of hydrogen-bond acceptors (Lipinski definition) is 4. The third-order valence-corrected chi connectivity index (χ3v) is 6.37. The number of amides is 2. The molecule has 0 bridgehead atoms. The third-order valence-electron chi connectivity index (χ3n) is 5.81. The molecule has 7 nitrogen and oxygen atoms in total. The Balaban J connectivity index is 0.00000102. The summed E-state index contributed by atoms with van der Waals surface area (Å²) in [7, 11) is 1.90. The van der Waals surface area contributed by atoms with E-state index in [2.05, 4.69) is 34.8 Å². The molecule has 0 radical (unpaired) electrons. The molecule has 4 rings (SSSR count). The van der Waals surface area contributed by atoms with Gasteiger partial charge in [-0.1, -0.05) is 13.8 Å². The number of hydrogen-bond donors (Lipinski definition) is 1. The van der Waals surface area contributed by atoms with E-state index in [4.69, 9.17) is 10.7 Å². The fourth-order valence-corrected chi connectivity index (χ4v) is 4.76. The molecule has 2 aliphatic heterocycles. The number of piperidine rings is 1. The van der Waals surface area contributed by atoms with Crippen LogP contribution in [0.1, 0.15) is 58.7 Å². The summed E-state index contributed by atoms with van der Waals surface area (Å²) < 4.78 is 2.71. The fourth-order valence-electron chi connectivity index (χ4n) is 4.18. The van der Waals surface area contributed by atoms with Gasteiger partial charge in [0, 0.05) is 43.5 Å². The van der Waals surface area contributed by atoms with Gasteiger partial charge in [-0.15, -0.1) is 0 Å². The Labute approximate surface area is 169 Å². The topological polar surface area (TPSA) is 79.8 Å². The number of nitrogen functional groups attached to an aromatic ring is 1. The molecule has 148 valence electrons. The van der Waals surface area contributed by atoms with Gasteiger partial charge in [-0.2, -0.15) is 0 Å². The predicted molar refractivity (Wildman–Crippen MR) is 111 cm³/mol. The maximum atomic E-state index is 12.9. The average Bonchev–Trinajstić information content (AvgIpc) is 2.99. The van der Waals surface area contributed by atoms with Gasteiger partial charge in [0.2, 0.25) is 0 Å². The van der Waals surface area contributed by atoms with Crippen LogP contribution in [0.25, 0.3) is 5.52 Å². The number of rotatable bonds is 1. The molecular formula is C19H29BrN6O. The lowest BCUT2D eigenvalue weighted by atomic mass is 9.82. The van der Waals surface area contributed by atoms with E-state index in [1.807, 2.05) is 41.3 Å². The lowest BCUT2D eigenvalue weighted by molar-refractivity contribution is 0.0231. The average molecular weight is 437 g/mol. The van der Waals surface area contributed by atoms with Crippen molar-refractivity contribution >= 4 is 33.3 Å². The number of halogens is 1. The molecular weight excluding hydrogens is 408 g/mol. The second-order valence-electron chi connectivity index (χ2n) is 7.73. The summed E-state index contributed by atoms with van der Waals surface area (Å²) in [4.78, 5) is 25.6. The molecule has 2 atom stereocenters. The Hall–Kier alpha value is -1.83. The number of anilines is 1. The van der Waals surface area contributed by atoms with Gasteiger partial charge in [0.25, 0.3) is 0 Å². The third kappa shape index (κ3) is 3.28. The van der Waals surface area contributed by atoms with Crippen LogP contribution in [-0.4, -0.2) is 55.4 Å². The van der Waals surface area contributed by atoms with Crippen molar-refractivity contribution in [3.8, 4) is 0 Å². The standard InChI is InChI=1S/C17H23BrN6O.C2H6/c1-17(2)8-11-5-4-10(9-24(11)16(25)22(17)3)15-21-13(18)12-14(19)20-6-7-23(12)15;1-2/h6-7,10-11H,4-5,8-9H2,1-3H3,(H2,19,20);1-2H3. The maximum Gasteiger partial charge on any atom is 0.320 e. The van der Waals surface area contributed by atoms with Crippen molar-refractivity contribution in [2.45, 2.75) is 64.5 Å². The number of nitrogens with two attached hydrogens (primary N) is 1. The van der Waals surface area contributed by atoms with Crippen LogP contribution in [0.4, 0.5) is 10.6 Å². The number of aromatic nitrogens is 3. The van der Waals surface area contributed by atoms with Gasteiger partial charge in [-0.05, 0) is 49.0 Å². The van der Waals surface area contributed by atoms with Crippen LogP contribution in [0.2, 0.25) is 0 Å². The molecule has 2 aliphatic rings. The minimum atomic E-state index is -0.0890. The molecule has 0 aromatic carbocycles. The van der Waals surface area contributed by atoms with Gasteiger partial charge in [-0.3, -0.25) is 4.40 Å². The van der Waals surface area contributed by atoms with Crippen LogP contribution < -0.4 is 5.73 Å². The molecule has 2 aromatic rings. The molecule has 27 heavy (non-hydrogen) atoms. The molecule has 0 spiro atoms. The zero-order valence-electron chi connectivity index (χ0n) is 16.7. The molecule has 2 aromatic heterocycles. The van der Waals surface area contributed by atoms with Crippen molar-refractivity contribution < 1.29 is 4.79 Å². The smallest absolute Gasteiger partial charge is 0.320 e. The number of nitrogens with zero attached hydrogens (tertiary/aromatic N) is 5. The van der Waals surface area contributed by atoms with E-state index in [0.29, 0.717) is 23.0 Å². The van der Waals surface area contributed by atoms with E-state index in [0.717, 1.165) is 30.6 Å². The van der Waals surface area contributed by atoms with E-state index >= 15 is 0 Å². The van der Waals surface area contributed by atoms with Gasteiger partial charge in [0.1, 0.15) is 15.9 Å². The van der Waals surface area contributed by atoms with Crippen LogP contribution in [0.15, 0.2) is 17.0 Å². The van der Waals surface area contributed by atoms with Crippen LogP contribution in [0, 0.1) is 0 Å². The molecule has 2 amide bonds. The first-order valence-corrected chi connectivity index (χ1v) is 10.4. The van der Waals surface area contributed by atoms with Gasteiger partial charge >= 0.3 is 6.03 Å². The lowest BCUT2D eigenvalue weighted by Gasteiger charge is -2.52. The first-order chi connectivity index (χ1) is 12.8. The van der Waals surface area contributed by atoms with Crippen LogP contribution in [0.5, 0.6) is 0 Å². The highest BCUT2D eigenvalue weighted by atomic mass is 79.9. The zero-order chi connectivity index (χ0) is 19.9. The largest absolute Gasteiger partial charge is 0.382 e. The molecule has 8 heteroatoms. The number of carbonyl (C=O) groups is 1. The highest BCUT2D eigenvalue weighted by molar-refractivity contribution is 9.10. The van der Waals surface area contributed by atoms with Gasteiger partial charge in [0.15, 0.2) is 5.82 Å². The molecule has 2 unspecified atom stereocenters. The van der Waals surface area contributed by atoms with Crippen LogP contribution >= 0.6 is 15.9 Å². The Bertz CT molecular complexity index is 848. The Morgan fingerprint density at radius 1 is 1.30 bits per heavy atom. The lowest BCUT2D eigenvalue weighted by Crippen LogP contribution is -2.63. The van der Waals surface area contributed by atoms with Crippen molar-refractivity contribution in [1.29, 1.82) is 0 Å². The molecule has 2 N–H and O–H groups in total. The Morgan fingerprint density at radius 2 is 2.00 bits per heavy atom. The second kappa shape index (κ2) is 7.30. The molecule has 0 saturated carbocycles. The minimum absolute atomic E-state index is 0.0890. The molecule has 2 saturated heterocycles. The Kier molecular flexibility index (Phi) is 5.38. The van der Waals surface area contributed by atoms with Crippen LogP contribution in [-0.2, 0) is 0 Å².